The fourth-order valence-electron chi connectivity index (χ4n) is 6.93. The first-order valence-electron chi connectivity index (χ1n) is 18.1. The molecule has 0 bridgehead atoms. The van der Waals surface area contributed by atoms with Gasteiger partial charge >= 0.3 is 74.4 Å². The maximum Gasteiger partial charge on any atom is 0.534 e. The van der Waals surface area contributed by atoms with Gasteiger partial charge in [-0.25, -0.2) is 0 Å². The predicted molar refractivity (Wildman–Crippen MR) is 210 cm³/mol. The first-order chi connectivity index (χ1) is 30.4. The number of aryl methyl sites for hydroxylation is 2. The van der Waals surface area contributed by atoms with Gasteiger partial charge in [0.2, 0.25) is 0 Å². The van der Waals surface area contributed by atoms with E-state index in [2.05, 4.69) is 16.7 Å². The fourth-order valence-corrected chi connectivity index (χ4v) is 8.82. The number of rotatable bonds is 15. The van der Waals surface area contributed by atoms with Crippen LogP contribution in [0.2, 0.25) is 0 Å². The van der Waals surface area contributed by atoms with Crippen molar-refractivity contribution in [3.8, 4) is 34.1 Å². The van der Waals surface area contributed by atoms with Gasteiger partial charge in [0.25, 0.3) is 0 Å². The summed E-state index contributed by atoms with van der Waals surface area (Å²) in [6, 6.07) is 2.13. The van der Waals surface area contributed by atoms with Gasteiger partial charge in [-0.2, -0.15) is 86.4 Å². The molecule has 68 heavy (non-hydrogen) atoms. The summed E-state index contributed by atoms with van der Waals surface area (Å²) < 4.78 is 279. The lowest BCUT2D eigenvalue weighted by molar-refractivity contribution is -0.137. The van der Waals surface area contributed by atoms with Gasteiger partial charge in [0, 0.05) is 11.1 Å². The molecule has 4 aromatic carbocycles. The Morgan fingerprint density at radius 3 is 0.941 bits per heavy atom. The van der Waals surface area contributed by atoms with E-state index in [0.717, 1.165) is 53.7 Å². The lowest BCUT2D eigenvalue weighted by Crippen LogP contribution is -2.30. The number of aliphatic carboxylic acids is 2. The summed E-state index contributed by atoms with van der Waals surface area (Å²) in [5.41, 5.74) is -30.1. The van der Waals surface area contributed by atoms with E-state index in [0.29, 0.717) is 0 Å². The van der Waals surface area contributed by atoms with Crippen LogP contribution in [0.5, 0.6) is 23.0 Å². The molecule has 32 heteroatoms. The number of fused-ring (bicyclic) bond motifs is 2. The predicted octanol–water partition coefficient (Wildman–Crippen LogP) is 8.69. The maximum atomic E-state index is 13.7. The molecule has 0 amide bonds. The summed E-state index contributed by atoms with van der Waals surface area (Å²) in [5.74, 6) is -14.0. The highest BCUT2D eigenvalue weighted by molar-refractivity contribution is 7.88. The van der Waals surface area contributed by atoms with Crippen LogP contribution in [0.3, 0.4) is 0 Å². The van der Waals surface area contributed by atoms with Gasteiger partial charge in [-0.05, 0) is 92.7 Å². The van der Waals surface area contributed by atoms with Crippen molar-refractivity contribution in [2.75, 3.05) is 0 Å². The molecule has 0 radical (unpaired) electrons. The summed E-state index contributed by atoms with van der Waals surface area (Å²) >= 11 is 0. The number of carboxylic acids is 2. The van der Waals surface area contributed by atoms with Gasteiger partial charge in [0.1, 0.15) is 0 Å². The average molecular weight is 1070 g/mol. The third kappa shape index (κ3) is 10.5. The molecule has 0 saturated carbocycles. The lowest BCUT2D eigenvalue weighted by atomic mass is 9.79. The molecular weight excluding hydrogens is 1040 g/mol. The monoisotopic (exact) mass is 1070 g/mol. The van der Waals surface area contributed by atoms with Crippen LogP contribution in [0.1, 0.15) is 72.9 Å². The van der Waals surface area contributed by atoms with Gasteiger partial charge in [0.05, 0.1) is 12.8 Å². The zero-order valence-corrected chi connectivity index (χ0v) is 37.9. The Kier molecular flexibility index (Phi) is 14.4. The lowest BCUT2D eigenvalue weighted by Gasteiger charge is -2.26. The Balaban J connectivity index is 2.44. The highest BCUT2D eigenvalue weighted by Crippen LogP contribution is 2.52. The van der Waals surface area contributed by atoms with Crippen molar-refractivity contribution in [3.63, 3.8) is 0 Å². The standard InChI is InChI=1S/C36H30F12O16S4/c1-13(2)27-19-7-15(5)29(21(11-25(49)50)17(19)9-23(61-65(53,54)33(37,38)39)31(27)63-67(57,58)35(43,44)45)30-16(6)8-20-18(22(30)12-26(51)52)10-24(62-66(55,56)34(40,41)42)32(28(20)14(3)4)64-68(59,60)36(46,47)48/h7-10,13-14H,11-12H2,1-6H3,(H,49,50)(H,51,52). The number of carbonyl (C=O) groups is 2. The first kappa shape index (κ1) is 55.1. The van der Waals surface area contributed by atoms with Crippen LogP contribution in [0.25, 0.3) is 32.7 Å². The van der Waals surface area contributed by atoms with E-state index in [1.165, 1.54) is 0 Å². The molecule has 0 heterocycles. The highest BCUT2D eigenvalue weighted by Gasteiger charge is 2.53. The minimum atomic E-state index is -6.97. The van der Waals surface area contributed by atoms with Crippen LogP contribution in [0.4, 0.5) is 52.7 Å². The number of hydrogen-bond donors (Lipinski definition) is 2. The maximum absolute atomic E-state index is 13.7. The molecule has 0 aromatic heterocycles. The number of benzene rings is 4. The van der Waals surface area contributed by atoms with Gasteiger partial charge in [0.15, 0.2) is 23.0 Å². The SMILES string of the molecule is Cc1cc2c(C(C)C)c(OS(=O)(=O)C(F)(F)F)c(OS(=O)(=O)C(F)(F)F)cc2c(CC(=O)O)c1-c1c(C)cc2c(C(C)C)c(OS(=O)(=O)C(F)(F)F)c(OS(=O)(=O)C(F)(F)F)cc2c1CC(=O)O. The first-order valence-corrected chi connectivity index (χ1v) is 23.7. The zero-order valence-electron chi connectivity index (χ0n) is 34.7. The van der Waals surface area contributed by atoms with E-state index in [9.17, 15) is 106 Å². The van der Waals surface area contributed by atoms with Gasteiger partial charge < -0.3 is 26.9 Å². The van der Waals surface area contributed by atoms with Crippen LogP contribution in [0.15, 0.2) is 24.3 Å². The molecule has 16 nitrogen and oxygen atoms in total. The molecule has 0 atom stereocenters. The topological polar surface area (TPSA) is 248 Å². The smallest absolute Gasteiger partial charge is 0.481 e. The van der Waals surface area contributed by atoms with Crippen molar-refractivity contribution in [1.29, 1.82) is 0 Å². The van der Waals surface area contributed by atoms with E-state index >= 15 is 0 Å². The average Bonchev–Trinajstić information content (AvgIpc) is 3.10. The van der Waals surface area contributed by atoms with Crippen LogP contribution < -0.4 is 16.7 Å². The van der Waals surface area contributed by atoms with Crippen molar-refractivity contribution >= 4 is 74.0 Å². The Bertz CT molecular complexity index is 3000. The normalized spacial score (nSPS) is 13.6. The van der Waals surface area contributed by atoms with Crippen LogP contribution in [-0.4, -0.2) is 77.9 Å². The summed E-state index contributed by atoms with van der Waals surface area (Å²) in [6.07, 6.45) is -2.72. The fraction of sp³-hybridized carbons (Fsp3) is 0.389. The molecule has 0 aliphatic rings. The third-order valence-electron chi connectivity index (χ3n) is 9.39. The van der Waals surface area contributed by atoms with Crippen molar-refractivity contribution in [2.45, 2.75) is 88.3 Å². The minimum Gasteiger partial charge on any atom is -0.481 e. The number of halogens is 12. The molecular formula is C36H30F12O16S4. The number of alkyl halides is 12. The Morgan fingerprint density at radius 1 is 0.471 bits per heavy atom. The number of carboxylic acid groups (broad SMARTS) is 2. The van der Waals surface area contributed by atoms with E-state index in [1.54, 1.807) is 0 Å². The molecule has 0 unspecified atom stereocenters. The Hall–Kier alpha value is -5.50. The summed E-state index contributed by atoms with van der Waals surface area (Å²) in [6.45, 7) is 6.48. The van der Waals surface area contributed by atoms with Crippen LogP contribution in [0, 0.1) is 13.8 Å². The van der Waals surface area contributed by atoms with Crippen molar-refractivity contribution < 1.29 is 123 Å². The summed E-state index contributed by atoms with van der Waals surface area (Å²) in [5, 5.41) is 17.7. The van der Waals surface area contributed by atoms with E-state index < -0.39 is 177 Å². The molecule has 4 rings (SSSR count). The van der Waals surface area contributed by atoms with Crippen LogP contribution >= 0.6 is 0 Å². The third-order valence-corrected chi connectivity index (χ3v) is 13.2. The Labute approximate surface area is 375 Å². The minimum absolute atomic E-state index is 0.149. The summed E-state index contributed by atoms with van der Waals surface area (Å²) in [4.78, 5) is 25.2. The number of hydrogen-bond acceptors (Lipinski definition) is 14. The quantitative estimate of drug-likeness (QED) is 0.0642. The van der Waals surface area contributed by atoms with Gasteiger partial charge in [-0.15, -0.1) is 0 Å². The molecule has 378 valence electrons. The molecule has 0 fully saturated rings. The molecule has 4 aromatic rings. The van der Waals surface area contributed by atoms with E-state index in [4.69, 9.17) is 0 Å². The highest BCUT2D eigenvalue weighted by atomic mass is 32.2. The van der Waals surface area contributed by atoms with Gasteiger partial charge in [-0.1, -0.05) is 39.8 Å². The molecule has 0 spiro atoms. The second-order valence-corrected chi connectivity index (χ2v) is 21.1. The second kappa shape index (κ2) is 17.8. The van der Waals surface area contributed by atoms with Gasteiger partial charge in [-0.3, -0.25) is 9.59 Å². The molecule has 0 saturated heterocycles. The van der Waals surface area contributed by atoms with Crippen molar-refractivity contribution in [2.24, 2.45) is 0 Å². The van der Waals surface area contributed by atoms with Crippen molar-refractivity contribution in [1.82, 2.24) is 0 Å². The van der Waals surface area contributed by atoms with E-state index in [-0.39, 0.29) is 23.3 Å². The van der Waals surface area contributed by atoms with Crippen LogP contribution in [-0.2, 0) is 62.9 Å². The zero-order chi connectivity index (χ0) is 52.6. The molecule has 2 N–H and O–H groups in total. The molecule has 0 aliphatic carbocycles. The van der Waals surface area contributed by atoms with E-state index in [1.807, 2.05) is 0 Å². The van der Waals surface area contributed by atoms with Crippen molar-refractivity contribution in [3.05, 3.63) is 57.6 Å². The Morgan fingerprint density at radius 2 is 0.721 bits per heavy atom. The largest absolute Gasteiger partial charge is 0.534 e. The molecule has 0 aliphatic heterocycles. The second-order valence-electron chi connectivity index (χ2n) is 14.9. The summed E-state index contributed by atoms with van der Waals surface area (Å²) in [7, 11) is -27.7.